The Kier molecular flexibility index (Phi) is 1.89. The van der Waals surface area contributed by atoms with Gasteiger partial charge in [-0.3, -0.25) is 0 Å². The number of alkyl halides is 1. The van der Waals surface area contributed by atoms with Crippen LogP contribution in [0.15, 0.2) is 40.9 Å². The first-order chi connectivity index (χ1) is 7.38. The third-order valence-corrected chi connectivity index (χ3v) is 2.80. The monoisotopic (exact) mass is 217 g/mol. The molecule has 0 N–H and O–H groups in total. The molecule has 3 rings (SSSR count). The Balaban J connectivity index is 2.48. The van der Waals surface area contributed by atoms with Gasteiger partial charge in [0, 0.05) is 5.39 Å². The lowest BCUT2D eigenvalue weighted by Gasteiger charge is -2.00. The predicted molar refractivity (Wildman–Crippen MR) is 61.1 cm³/mol. The molecule has 0 radical (unpaired) electrons. The summed E-state index contributed by atoms with van der Waals surface area (Å²) in [5, 5.41) is 7.38. The van der Waals surface area contributed by atoms with E-state index in [1.165, 1.54) is 10.8 Å². The van der Waals surface area contributed by atoms with E-state index in [9.17, 15) is 0 Å². The lowest BCUT2D eigenvalue weighted by atomic mass is 10.1. The molecule has 0 unspecified atom stereocenters. The van der Waals surface area contributed by atoms with Crippen LogP contribution in [0.3, 0.4) is 0 Å². The maximum atomic E-state index is 5.73. The first-order valence-corrected chi connectivity index (χ1v) is 5.25. The third kappa shape index (κ3) is 1.29. The van der Waals surface area contributed by atoms with Crippen LogP contribution in [0.4, 0.5) is 0 Å². The second-order valence-electron chi connectivity index (χ2n) is 3.46. The van der Waals surface area contributed by atoms with E-state index in [0.29, 0.717) is 5.88 Å². The van der Waals surface area contributed by atoms with Crippen molar-refractivity contribution in [3.05, 3.63) is 42.1 Å². The smallest absolute Gasteiger partial charge is 0.165 e. The minimum absolute atomic E-state index is 0.372. The SMILES string of the molecule is ClCc1cc2c(ccc3cccc32)on1. The zero-order valence-corrected chi connectivity index (χ0v) is 8.66. The molecule has 15 heavy (non-hydrogen) atoms. The lowest BCUT2D eigenvalue weighted by molar-refractivity contribution is 0.433. The van der Waals surface area contributed by atoms with Crippen molar-refractivity contribution in [1.29, 1.82) is 0 Å². The van der Waals surface area contributed by atoms with Crippen LogP contribution in [-0.2, 0) is 5.88 Å². The number of hydrogen-bond donors (Lipinski definition) is 0. The molecule has 0 aliphatic rings. The lowest BCUT2D eigenvalue weighted by Crippen LogP contribution is -1.84. The van der Waals surface area contributed by atoms with Crippen LogP contribution < -0.4 is 0 Å². The number of benzene rings is 1. The molecule has 0 saturated carbocycles. The fourth-order valence-corrected chi connectivity index (χ4v) is 1.93. The molecule has 0 aliphatic carbocycles. The Bertz CT molecular complexity index is 630. The normalized spacial score (nSPS) is 11.3. The molecular weight excluding hydrogens is 210 g/mol. The number of rotatable bonds is 1. The highest BCUT2D eigenvalue weighted by Crippen LogP contribution is 2.26. The molecule has 1 heterocycles. The Morgan fingerprint density at radius 2 is 2.07 bits per heavy atom. The molecule has 3 heteroatoms. The number of aromatic nitrogens is 1. The number of nitrogens with zero attached hydrogens (tertiary/aromatic N) is 1. The van der Waals surface area contributed by atoms with Crippen LogP contribution in [0.25, 0.3) is 21.7 Å². The van der Waals surface area contributed by atoms with E-state index in [0.717, 1.165) is 16.7 Å². The third-order valence-electron chi connectivity index (χ3n) is 2.53. The van der Waals surface area contributed by atoms with Crippen molar-refractivity contribution in [2.24, 2.45) is 0 Å². The maximum Gasteiger partial charge on any atom is 0.165 e. The summed E-state index contributed by atoms with van der Waals surface area (Å²) in [7, 11) is 0. The standard InChI is InChI=1S/C12H8ClNO/c13-7-9-6-11-10-3-1-2-8(10)4-5-12(11)15-14-9/h1-6H,7H2. The first-order valence-electron chi connectivity index (χ1n) is 4.71. The van der Waals surface area contributed by atoms with Crippen molar-refractivity contribution in [3.63, 3.8) is 0 Å². The predicted octanol–water partition coefficient (Wildman–Crippen LogP) is 3.72. The van der Waals surface area contributed by atoms with Crippen molar-refractivity contribution in [2.45, 2.75) is 5.88 Å². The van der Waals surface area contributed by atoms with Gasteiger partial charge in [-0.05, 0) is 22.9 Å². The van der Waals surface area contributed by atoms with E-state index in [2.05, 4.69) is 17.3 Å². The van der Waals surface area contributed by atoms with E-state index < -0.39 is 0 Å². The Morgan fingerprint density at radius 1 is 1.13 bits per heavy atom. The number of fused-ring (bicyclic) bond motifs is 3. The van der Waals surface area contributed by atoms with Crippen molar-refractivity contribution < 1.29 is 4.52 Å². The molecule has 2 aromatic carbocycles. The van der Waals surface area contributed by atoms with Gasteiger partial charge in [0.25, 0.3) is 0 Å². The van der Waals surface area contributed by atoms with Crippen molar-refractivity contribution >= 4 is 33.3 Å². The van der Waals surface area contributed by atoms with E-state index >= 15 is 0 Å². The van der Waals surface area contributed by atoms with Gasteiger partial charge in [0.05, 0.1) is 11.6 Å². The fraction of sp³-hybridized carbons (Fsp3) is 0.0833. The van der Waals surface area contributed by atoms with Gasteiger partial charge in [0.1, 0.15) is 0 Å². The summed E-state index contributed by atoms with van der Waals surface area (Å²) < 4.78 is 5.28. The molecule has 0 fully saturated rings. The molecular formula is C12H8ClNO. The molecule has 2 nitrogen and oxygen atoms in total. The molecule has 0 amide bonds. The summed E-state index contributed by atoms with van der Waals surface area (Å²) in [6, 6.07) is 12.1. The zero-order valence-electron chi connectivity index (χ0n) is 7.90. The van der Waals surface area contributed by atoms with E-state index in [1.807, 2.05) is 24.3 Å². The molecule has 1 aromatic heterocycles. The van der Waals surface area contributed by atoms with Crippen LogP contribution in [0.1, 0.15) is 5.69 Å². The molecule has 3 aromatic rings. The summed E-state index contributed by atoms with van der Waals surface area (Å²) in [6.07, 6.45) is 0. The quantitative estimate of drug-likeness (QED) is 0.581. The van der Waals surface area contributed by atoms with Crippen LogP contribution in [0, 0.1) is 0 Å². The summed E-state index contributed by atoms with van der Waals surface area (Å²) in [5.41, 5.74) is 1.56. The highest BCUT2D eigenvalue weighted by molar-refractivity contribution is 6.17. The van der Waals surface area contributed by atoms with Crippen LogP contribution in [-0.4, -0.2) is 5.16 Å². The van der Waals surface area contributed by atoms with Gasteiger partial charge in [-0.2, -0.15) is 0 Å². The van der Waals surface area contributed by atoms with Gasteiger partial charge in [-0.15, -0.1) is 11.6 Å². The van der Waals surface area contributed by atoms with E-state index in [1.54, 1.807) is 0 Å². The second kappa shape index (κ2) is 3.24. The highest BCUT2D eigenvalue weighted by Gasteiger charge is 2.04. The maximum absolute atomic E-state index is 5.73. The summed E-state index contributed by atoms with van der Waals surface area (Å²) in [6.45, 7) is 0. The molecule has 74 valence electrons. The van der Waals surface area contributed by atoms with Gasteiger partial charge < -0.3 is 4.52 Å². The van der Waals surface area contributed by atoms with Gasteiger partial charge in [-0.25, -0.2) is 0 Å². The number of hydrogen-bond acceptors (Lipinski definition) is 2. The minimum Gasteiger partial charge on any atom is -0.356 e. The van der Waals surface area contributed by atoms with Gasteiger partial charge in [-0.1, -0.05) is 29.4 Å². The summed E-state index contributed by atoms with van der Waals surface area (Å²) >= 11 is 5.73. The van der Waals surface area contributed by atoms with Gasteiger partial charge >= 0.3 is 0 Å². The zero-order chi connectivity index (χ0) is 10.3. The van der Waals surface area contributed by atoms with Crippen molar-refractivity contribution in [2.75, 3.05) is 0 Å². The largest absolute Gasteiger partial charge is 0.356 e. The number of halogens is 1. The van der Waals surface area contributed by atoms with Crippen molar-refractivity contribution in [1.82, 2.24) is 5.16 Å². The van der Waals surface area contributed by atoms with Gasteiger partial charge in [0.2, 0.25) is 0 Å². The molecule has 0 saturated heterocycles. The molecule has 0 aliphatic heterocycles. The Morgan fingerprint density at radius 3 is 2.93 bits per heavy atom. The minimum atomic E-state index is 0.372. The highest BCUT2D eigenvalue weighted by atomic mass is 35.5. The molecule has 0 spiro atoms. The summed E-state index contributed by atoms with van der Waals surface area (Å²) in [4.78, 5) is 0. The molecule has 0 atom stereocenters. The van der Waals surface area contributed by atoms with Crippen LogP contribution in [0.5, 0.6) is 0 Å². The first kappa shape index (κ1) is 8.74. The Labute approximate surface area is 91.4 Å². The fourth-order valence-electron chi connectivity index (χ4n) is 1.80. The topological polar surface area (TPSA) is 26.0 Å². The second-order valence-corrected chi connectivity index (χ2v) is 3.73. The molecule has 0 bridgehead atoms. The van der Waals surface area contributed by atoms with Crippen molar-refractivity contribution in [3.8, 4) is 0 Å². The Hall–Kier alpha value is -1.54. The van der Waals surface area contributed by atoms with Crippen LogP contribution in [0.2, 0.25) is 0 Å². The average molecular weight is 218 g/mol. The average Bonchev–Trinajstić information content (AvgIpc) is 2.76. The summed E-state index contributed by atoms with van der Waals surface area (Å²) in [5.74, 6) is 0.372. The van der Waals surface area contributed by atoms with Gasteiger partial charge in [0.15, 0.2) is 5.58 Å². The van der Waals surface area contributed by atoms with E-state index in [4.69, 9.17) is 16.1 Å². The van der Waals surface area contributed by atoms with E-state index in [-0.39, 0.29) is 0 Å². The van der Waals surface area contributed by atoms with Crippen LogP contribution >= 0.6 is 11.6 Å².